The second-order valence-electron chi connectivity index (χ2n) is 5.68. The minimum Gasteiger partial charge on any atom is -0.464 e. The van der Waals surface area contributed by atoms with Crippen molar-refractivity contribution in [3.63, 3.8) is 0 Å². The van der Waals surface area contributed by atoms with E-state index in [2.05, 4.69) is 73.1 Å². The number of hydrogen-bond acceptors (Lipinski definition) is 5. The van der Waals surface area contributed by atoms with E-state index in [1.807, 2.05) is 12.1 Å². The monoisotopic (exact) mass is 735 g/mol. The molecule has 0 spiro atoms. The van der Waals surface area contributed by atoms with Crippen molar-refractivity contribution in [2.24, 2.45) is 0 Å². The molecule has 0 radical (unpaired) electrons. The van der Waals surface area contributed by atoms with Gasteiger partial charge in [-0.3, -0.25) is 14.1 Å². The average molecular weight is 735 g/mol. The van der Waals surface area contributed by atoms with Crippen LogP contribution < -0.4 is 5.32 Å². The van der Waals surface area contributed by atoms with Crippen LogP contribution in [0.5, 0.6) is 0 Å². The van der Waals surface area contributed by atoms with Crippen molar-refractivity contribution in [3.05, 3.63) is 28.4 Å². The van der Waals surface area contributed by atoms with Gasteiger partial charge in [-0.2, -0.15) is 8.42 Å². The summed E-state index contributed by atoms with van der Waals surface area (Å²) in [6.45, 7) is 0.232. The lowest BCUT2D eigenvalue weighted by Crippen LogP contribution is -2.25. The molecule has 0 aromatic heterocycles. The Bertz CT molecular complexity index is 770. The maximum absolute atomic E-state index is 12.3. The summed E-state index contributed by atoms with van der Waals surface area (Å²) in [6.07, 6.45) is 3.31. The summed E-state index contributed by atoms with van der Waals surface area (Å²) in [4.78, 5) is 23.7. The Balaban J connectivity index is 2.15. The molecule has 7 nitrogen and oxygen atoms in total. The van der Waals surface area contributed by atoms with Crippen molar-refractivity contribution < 1.29 is 27.3 Å². The minimum absolute atomic E-state index is 0.0850. The molecular weight excluding hydrogens is 715 g/mol. The van der Waals surface area contributed by atoms with Crippen LogP contribution in [0.1, 0.15) is 42.5 Å². The molecule has 0 saturated carbocycles. The third kappa shape index (κ3) is 11.1. The van der Waals surface area contributed by atoms with Crippen LogP contribution >= 0.6 is 67.8 Å². The molecule has 152 valence electrons. The lowest BCUT2D eigenvalue weighted by molar-refractivity contribution is -0.143. The highest BCUT2D eigenvalue weighted by Crippen LogP contribution is 2.22. The third-order valence-corrected chi connectivity index (χ3v) is 7.79. The highest BCUT2D eigenvalue weighted by Gasteiger charge is 2.13. The van der Waals surface area contributed by atoms with Crippen molar-refractivity contribution in [1.29, 1.82) is 0 Å². The van der Waals surface area contributed by atoms with Crippen LogP contribution in [0.3, 0.4) is 0 Å². The standard InChI is InChI=1S/C16H20I3NO6S/c17-11-9-12(15(19)13(18)10-11)16(22)20-6-4-2-1-3-5-14(21)26-7-8-27(23,24)25/h9-10H,1-8H2,(H,20,22)(H,23,24,25). The smallest absolute Gasteiger partial charge is 0.305 e. The first kappa shape index (κ1) is 25.3. The van der Waals surface area contributed by atoms with Crippen LogP contribution in [0.4, 0.5) is 0 Å². The first-order chi connectivity index (χ1) is 12.6. The van der Waals surface area contributed by atoms with Crippen molar-refractivity contribution in [2.75, 3.05) is 18.9 Å². The molecule has 0 fully saturated rings. The molecule has 1 rings (SSSR count). The number of unbranched alkanes of at least 4 members (excludes halogenated alkanes) is 3. The van der Waals surface area contributed by atoms with Crippen LogP contribution in [0.2, 0.25) is 0 Å². The van der Waals surface area contributed by atoms with E-state index in [4.69, 9.17) is 9.29 Å². The van der Waals surface area contributed by atoms with Crippen LogP contribution in [0.25, 0.3) is 0 Å². The van der Waals surface area contributed by atoms with Crippen molar-refractivity contribution >= 4 is 89.8 Å². The Kier molecular flexibility index (Phi) is 11.9. The zero-order chi connectivity index (χ0) is 20.4. The predicted octanol–water partition coefficient (Wildman–Crippen LogP) is 3.61. The van der Waals surface area contributed by atoms with E-state index in [1.165, 1.54) is 0 Å². The summed E-state index contributed by atoms with van der Waals surface area (Å²) < 4.78 is 37.3. The van der Waals surface area contributed by atoms with E-state index in [1.54, 1.807) is 0 Å². The van der Waals surface area contributed by atoms with E-state index in [9.17, 15) is 18.0 Å². The van der Waals surface area contributed by atoms with Gasteiger partial charge in [0.2, 0.25) is 0 Å². The van der Waals surface area contributed by atoms with Gasteiger partial charge in [0.1, 0.15) is 12.4 Å². The van der Waals surface area contributed by atoms with Gasteiger partial charge < -0.3 is 10.1 Å². The highest BCUT2D eigenvalue weighted by atomic mass is 127. The van der Waals surface area contributed by atoms with Crippen LogP contribution in [-0.2, 0) is 19.6 Å². The largest absolute Gasteiger partial charge is 0.464 e. The zero-order valence-electron chi connectivity index (χ0n) is 14.3. The third-order valence-electron chi connectivity index (χ3n) is 3.44. The molecular formula is C16H20I3NO6S. The molecule has 11 heteroatoms. The van der Waals surface area contributed by atoms with Gasteiger partial charge in [0.05, 0.1) is 5.56 Å². The lowest BCUT2D eigenvalue weighted by Gasteiger charge is -2.09. The van der Waals surface area contributed by atoms with Crippen LogP contribution in [0, 0.1) is 10.7 Å². The second kappa shape index (κ2) is 12.7. The van der Waals surface area contributed by atoms with Crippen molar-refractivity contribution in [3.8, 4) is 0 Å². The van der Waals surface area contributed by atoms with E-state index in [0.29, 0.717) is 18.5 Å². The van der Waals surface area contributed by atoms with Gasteiger partial charge in [0, 0.05) is 23.7 Å². The maximum atomic E-state index is 12.3. The molecule has 0 aliphatic heterocycles. The Hall–Kier alpha value is 0.260. The molecule has 0 atom stereocenters. The highest BCUT2D eigenvalue weighted by molar-refractivity contribution is 14.1. The molecule has 0 aliphatic carbocycles. The molecule has 1 aromatic rings. The number of nitrogens with one attached hydrogen (secondary N) is 1. The molecule has 1 amide bonds. The van der Waals surface area contributed by atoms with E-state index < -0.39 is 21.8 Å². The topological polar surface area (TPSA) is 110 Å². The van der Waals surface area contributed by atoms with Crippen LogP contribution in [-0.4, -0.2) is 43.8 Å². The normalized spacial score (nSPS) is 11.3. The van der Waals surface area contributed by atoms with Gasteiger partial charge >= 0.3 is 5.97 Å². The number of carbonyl (C=O) groups excluding carboxylic acids is 2. The summed E-state index contributed by atoms with van der Waals surface area (Å²) in [6, 6.07) is 3.89. The summed E-state index contributed by atoms with van der Waals surface area (Å²) in [7, 11) is -4.10. The average Bonchev–Trinajstić information content (AvgIpc) is 2.55. The summed E-state index contributed by atoms with van der Waals surface area (Å²) in [5.41, 5.74) is 0.680. The molecule has 0 aliphatic rings. The Morgan fingerprint density at radius 2 is 1.74 bits per heavy atom. The fourth-order valence-electron chi connectivity index (χ4n) is 2.10. The van der Waals surface area contributed by atoms with E-state index >= 15 is 0 Å². The van der Waals surface area contributed by atoms with Crippen LogP contribution in [0.15, 0.2) is 12.1 Å². The number of carbonyl (C=O) groups is 2. The van der Waals surface area contributed by atoms with Gasteiger partial charge in [-0.1, -0.05) is 12.8 Å². The number of ether oxygens (including phenoxy) is 1. The van der Waals surface area contributed by atoms with Crippen molar-refractivity contribution in [1.82, 2.24) is 5.32 Å². The number of benzene rings is 1. The Labute approximate surface area is 199 Å². The van der Waals surface area contributed by atoms with Gasteiger partial charge in [0.15, 0.2) is 0 Å². The Morgan fingerprint density at radius 1 is 1.07 bits per heavy atom. The second-order valence-corrected chi connectivity index (χ2v) is 10.7. The SMILES string of the molecule is O=C(CCCCCCNC(=O)c1cc(I)cc(I)c1I)OCCS(=O)(=O)O. The summed E-state index contributed by atoms with van der Waals surface area (Å²) >= 11 is 6.58. The molecule has 2 N–H and O–H groups in total. The number of rotatable bonds is 11. The molecule has 1 aromatic carbocycles. The Morgan fingerprint density at radius 3 is 2.41 bits per heavy atom. The predicted molar refractivity (Wildman–Crippen MR) is 127 cm³/mol. The molecule has 0 saturated heterocycles. The fraction of sp³-hybridized carbons (Fsp3) is 0.500. The van der Waals surface area contributed by atoms with E-state index in [-0.39, 0.29) is 18.9 Å². The fourth-order valence-corrected chi connectivity index (χ4v) is 4.79. The quantitative estimate of drug-likeness (QED) is 0.118. The first-order valence-electron chi connectivity index (χ1n) is 8.13. The molecule has 0 unspecified atom stereocenters. The molecule has 27 heavy (non-hydrogen) atoms. The van der Waals surface area contributed by atoms with Gasteiger partial charge in [-0.15, -0.1) is 0 Å². The van der Waals surface area contributed by atoms with Gasteiger partial charge in [0.25, 0.3) is 16.0 Å². The number of amides is 1. The first-order valence-corrected chi connectivity index (χ1v) is 13.0. The summed E-state index contributed by atoms with van der Waals surface area (Å²) in [5.74, 6) is -1.15. The number of halogens is 3. The zero-order valence-corrected chi connectivity index (χ0v) is 21.6. The maximum Gasteiger partial charge on any atom is 0.305 e. The van der Waals surface area contributed by atoms with Crippen molar-refractivity contribution in [2.45, 2.75) is 32.1 Å². The molecule has 0 heterocycles. The lowest BCUT2D eigenvalue weighted by atomic mass is 10.1. The number of esters is 1. The molecule has 0 bridgehead atoms. The van der Waals surface area contributed by atoms with Gasteiger partial charge in [-0.25, -0.2) is 0 Å². The van der Waals surface area contributed by atoms with E-state index in [0.717, 1.165) is 30.0 Å². The minimum atomic E-state index is -4.10. The van der Waals surface area contributed by atoms with Gasteiger partial charge in [-0.05, 0) is 92.7 Å². The summed E-state index contributed by atoms with van der Waals surface area (Å²) in [5, 5.41) is 2.91. The number of hydrogen-bond donors (Lipinski definition) is 2.